The molecule has 0 heterocycles. The fraction of sp³-hybridized carbons (Fsp3) is 0.364. The van der Waals surface area contributed by atoms with Gasteiger partial charge in [-0.1, -0.05) is 26.0 Å². The second-order valence-corrected chi connectivity index (χ2v) is 6.72. The van der Waals surface area contributed by atoms with E-state index in [1.807, 2.05) is 38.1 Å². The summed E-state index contributed by atoms with van der Waals surface area (Å²) in [6.07, 6.45) is 0.900. The average molecular weight is 385 g/mol. The molecule has 6 nitrogen and oxygen atoms in total. The van der Waals surface area contributed by atoms with Crippen molar-refractivity contribution in [3.05, 3.63) is 54.1 Å². The van der Waals surface area contributed by atoms with E-state index in [1.54, 1.807) is 31.4 Å². The molecule has 0 aliphatic carbocycles. The van der Waals surface area contributed by atoms with E-state index in [0.29, 0.717) is 48.8 Å². The van der Waals surface area contributed by atoms with Crippen LogP contribution in [0.1, 0.15) is 37.0 Å². The maximum Gasteiger partial charge on any atom is 0.338 e. The number of hydrogen-bond donors (Lipinski definition) is 1. The third-order valence-corrected chi connectivity index (χ3v) is 3.83. The molecule has 2 rings (SSSR count). The highest BCUT2D eigenvalue weighted by molar-refractivity contribution is 5.93. The summed E-state index contributed by atoms with van der Waals surface area (Å²) < 4.78 is 16.1. The standard InChI is InChI=1S/C22H27NO5/c1-16(2)15-28-22(25)17-10-12-18(13-11-17)23-21(24)9-6-14-27-20-8-5-4-7-19(20)26-3/h4-5,7-8,10-13,16H,6,9,14-15H2,1-3H3,(H,23,24). The van der Waals surface area contributed by atoms with Crippen molar-refractivity contribution in [3.63, 3.8) is 0 Å². The van der Waals surface area contributed by atoms with E-state index >= 15 is 0 Å². The van der Waals surface area contributed by atoms with Crippen molar-refractivity contribution < 1.29 is 23.8 Å². The molecule has 0 atom stereocenters. The van der Waals surface area contributed by atoms with Crippen LogP contribution in [-0.4, -0.2) is 32.2 Å². The number of nitrogens with one attached hydrogen (secondary N) is 1. The zero-order valence-electron chi connectivity index (χ0n) is 16.6. The molecular formula is C22H27NO5. The van der Waals surface area contributed by atoms with Gasteiger partial charge in [-0.25, -0.2) is 4.79 Å². The van der Waals surface area contributed by atoms with Crippen molar-refractivity contribution >= 4 is 17.6 Å². The summed E-state index contributed by atoms with van der Waals surface area (Å²) in [5.74, 6) is 1.14. The number of methoxy groups -OCH3 is 1. The van der Waals surface area contributed by atoms with Gasteiger partial charge in [-0.3, -0.25) is 4.79 Å². The zero-order chi connectivity index (χ0) is 20.4. The summed E-state index contributed by atoms with van der Waals surface area (Å²) in [6.45, 7) is 4.75. The van der Waals surface area contributed by atoms with Crippen LogP contribution in [0.2, 0.25) is 0 Å². The summed E-state index contributed by atoms with van der Waals surface area (Å²) >= 11 is 0. The van der Waals surface area contributed by atoms with Crippen LogP contribution < -0.4 is 14.8 Å². The number of carbonyl (C=O) groups excluding carboxylic acids is 2. The Morgan fingerprint density at radius 2 is 1.68 bits per heavy atom. The highest BCUT2D eigenvalue weighted by Gasteiger charge is 2.09. The lowest BCUT2D eigenvalue weighted by atomic mass is 10.2. The SMILES string of the molecule is COc1ccccc1OCCCC(=O)Nc1ccc(C(=O)OCC(C)C)cc1. The van der Waals surface area contributed by atoms with Gasteiger partial charge in [0, 0.05) is 12.1 Å². The van der Waals surface area contributed by atoms with Gasteiger partial charge < -0.3 is 19.5 Å². The first-order chi connectivity index (χ1) is 13.5. The maximum absolute atomic E-state index is 12.1. The number of rotatable bonds is 10. The third kappa shape index (κ3) is 6.95. The van der Waals surface area contributed by atoms with Crippen LogP contribution >= 0.6 is 0 Å². The van der Waals surface area contributed by atoms with Gasteiger partial charge in [-0.15, -0.1) is 0 Å². The minimum Gasteiger partial charge on any atom is -0.493 e. The topological polar surface area (TPSA) is 73.9 Å². The second-order valence-electron chi connectivity index (χ2n) is 6.72. The van der Waals surface area contributed by atoms with E-state index in [4.69, 9.17) is 14.2 Å². The fourth-order valence-electron chi connectivity index (χ4n) is 2.39. The van der Waals surface area contributed by atoms with Gasteiger partial charge in [-0.05, 0) is 48.7 Å². The van der Waals surface area contributed by atoms with E-state index in [9.17, 15) is 9.59 Å². The van der Waals surface area contributed by atoms with Gasteiger partial charge in [0.1, 0.15) is 0 Å². The van der Waals surface area contributed by atoms with Crippen LogP contribution in [0.25, 0.3) is 0 Å². The van der Waals surface area contributed by atoms with E-state index in [0.717, 1.165) is 0 Å². The molecule has 0 aliphatic rings. The van der Waals surface area contributed by atoms with Gasteiger partial charge in [0.15, 0.2) is 11.5 Å². The number of hydrogen-bond acceptors (Lipinski definition) is 5. The van der Waals surface area contributed by atoms with E-state index in [2.05, 4.69) is 5.32 Å². The molecule has 28 heavy (non-hydrogen) atoms. The largest absolute Gasteiger partial charge is 0.493 e. The summed E-state index contributed by atoms with van der Waals surface area (Å²) in [6, 6.07) is 14.1. The molecule has 0 radical (unpaired) electrons. The minimum atomic E-state index is -0.361. The third-order valence-electron chi connectivity index (χ3n) is 3.83. The molecule has 0 saturated heterocycles. The number of para-hydroxylation sites is 2. The van der Waals surface area contributed by atoms with Crippen LogP contribution in [-0.2, 0) is 9.53 Å². The molecule has 0 saturated carbocycles. The van der Waals surface area contributed by atoms with Crippen molar-refractivity contribution in [1.82, 2.24) is 0 Å². The predicted octanol–water partition coefficient (Wildman–Crippen LogP) is 4.31. The fourth-order valence-corrected chi connectivity index (χ4v) is 2.39. The molecular weight excluding hydrogens is 358 g/mol. The highest BCUT2D eigenvalue weighted by Crippen LogP contribution is 2.25. The van der Waals surface area contributed by atoms with Crippen LogP contribution in [0.15, 0.2) is 48.5 Å². The lowest BCUT2D eigenvalue weighted by molar-refractivity contribution is -0.116. The first kappa shape index (κ1) is 21.3. The minimum absolute atomic E-state index is 0.112. The molecule has 0 spiro atoms. The van der Waals surface area contributed by atoms with E-state index in [-0.39, 0.29) is 17.8 Å². The molecule has 0 bridgehead atoms. The Morgan fingerprint density at radius 3 is 2.32 bits per heavy atom. The maximum atomic E-state index is 12.1. The number of esters is 1. The Morgan fingerprint density at radius 1 is 1.00 bits per heavy atom. The van der Waals surface area contributed by atoms with Crippen LogP contribution in [0.3, 0.4) is 0 Å². The van der Waals surface area contributed by atoms with Gasteiger partial charge in [0.25, 0.3) is 0 Å². The number of ether oxygens (including phenoxy) is 3. The first-order valence-corrected chi connectivity index (χ1v) is 9.32. The van der Waals surface area contributed by atoms with Crippen molar-refractivity contribution in [1.29, 1.82) is 0 Å². The number of carbonyl (C=O) groups is 2. The Labute approximate surface area is 165 Å². The Balaban J connectivity index is 1.73. The Kier molecular flexibility index (Phi) is 8.34. The first-order valence-electron chi connectivity index (χ1n) is 9.32. The van der Waals surface area contributed by atoms with E-state index < -0.39 is 0 Å². The molecule has 0 aliphatic heterocycles. The van der Waals surface area contributed by atoms with Crippen molar-refractivity contribution in [2.24, 2.45) is 5.92 Å². The van der Waals surface area contributed by atoms with Gasteiger partial charge in [0.2, 0.25) is 5.91 Å². The van der Waals surface area contributed by atoms with Crippen LogP contribution in [0.4, 0.5) is 5.69 Å². The van der Waals surface area contributed by atoms with Gasteiger partial charge in [-0.2, -0.15) is 0 Å². The lowest BCUT2D eigenvalue weighted by Crippen LogP contribution is -2.13. The van der Waals surface area contributed by atoms with E-state index in [1.165, 1.54) is 0 Å². The predicted molar refractivity (Wildman–Crippen MR) is 108 cm³/mol. The monoisotopic (exact) mass is 385 g/mol. The molecule has 0 fully saturated rings. The molecule has 0 unspecified atom stereocenters. The van der Waals surface area contributed by atoms with Gasteiger partial charge >= 0.3 is 5.97 Å². The number of benzene rings is 2. The zero-order valence-corrected chi connectivity index (χ0v) is 16.6. The molecule has 150 valence electrons. The van der Waals surface area contributed by atoms with Crippen LogP contribution in [0, 0.1) is 5.92 Å². The Bertz CT molecular complexity index is 771. The second kappa shape index (κ2) is 11.0. The normalized spacial score (nSPS) is 10.4. The summed E-state index contributed by atoms with van der Waals surface area (Å²) in [5.41, 5.74) is 1.10. The highest BCUT2D eigenvalue weighted by atomic mass is 16.5. The lowest BCUT2D eigenvalue weighted by Gasteiger charge is -2.10. The molecule has 2 aromatic rings. The number of amides is 1. The van der Waals surface area contributed by atoms with Crippen molar-refractivity contribution in [3.8, 4) is 11.5 Å². The molecule has 2 aromatic carbocycles. The van der Waals surface area contributed by atoms with Crippen molar-refractivity contribution in [2.45, 2.75) is 26.7 Å². The molecule has 6 heteroatoms. The summed E-state index contributed by atoms with van der Waals surface area (Å²) in [5, 5.41) is 2.81. The summed E-state index contributed by atoms with van der Waals surface area (Å²) in [4.78, 5) is 23.9. The van der Waals surface area contributed by atoms with Crippen LogP contribution in [0.5, 0.6) is 11.5 Å². The molecule has 1 amide bonds. The molecule has 1 N–H and O–H groups in total. The van der Waals surface area contributed by atoms with Gasteiger partial charge in [0.05, 0.1) is 25.9 Å². The average Bonchev–Trinajstić information content (AvgIpc) is 2.70. The number of anilines is 1. The molecule has 0 aromatic heterocycles. The summed E-state index contributed by atoms with van der Waals surface area (Å²) in [7, 11) is 1.59. The quantitative estimate of drug-likeness (QED) is 0.487. The smallest absolute Gasteiger partial charge is 0.338 e. The van der Waals surface area contributed by atoms with Crippen molar-refractivity contribution in [2.75, 3.05) is 25.6 Å². The Hall–Kier alpha value is -3.02.